The number of aromatic carboxylic acids is 1. The van der Waals surface area contributed by atoms with Crippen LogP contribution in [0.3, 0.4) is 0 Å². The number of benzene rings is 2. The fourth-order valence-electron chi connectivity index (χ4n) is 3.79. The van der Waals surface area contributed by atoms with Gasteiger partial charge in [0.25, 0.3) is 5.56 Å². The number of rotatable bonds is 6. The zero-order valence-electron chi connectivity index (χ0n) is 18.0. The van der Waals surface area contributed by atoms with Crippen molar-refractivity contribution in [3.8, 4) is 17.0 Å². The summed E-state index contributed by atoms with van der Waals surface area (Å²) in [7, 11) is 1.58. The Morgan fingerprint density at radius 3 is 2.59 bits per heavy atom. The number of nitrogens with one attached hydrogen (secondary N) is 1. The molecule has 0 aliphatic rings. The molecule has 32 heavy (non-hydrogen) atoms. The SMILES string of the molecule is COc1ccccc1-c1cc(=O)n2cc(C)cc(C(C)Nc3ccccc3C(=O)O)c2n1. The molecule has 162 valence electrons. The number of hydrogen-bond donors (Lipinski definition) is 2. The average Bonchev–Trinajstić information content (AvgIpc) is 2.79. The van der Waals surface area contributed by atoms with Gasteiger partial charge in [0.15, 0.2) is 0 Å². The van der Waals surface area contributed by atoms with E-state index in [2.05, 4.69) is 5.32 Å². The Labute approximate surface area is 184 Å². The molecule has 0 radical (unpaired) electrons. The van der Waals surface area contributed by atoms with Gasteiger partial charge in [0.05, 0.1) is 24.4 Å². The molecule has 2 aromatic carbocycles. The number of methoxy groups -OCH3 is 1. The van der Waals surface area contributed by atoms with E-state index in [1.54, 1.807) is 37.6 Å². The number of ether oxygens (including phenoxy) is 1. The third-order valence-electron chi connectivity index (χ3n) is 5.31. The van der Waals surface area contributed by atoms with Gasteiger partial charge in [-0.05, 0) is 49.7 Å². The maximum Gasteiger partial charge on any atom is 0.337 e. The van der Waals surface area contributed by atoms with Crippen molar-refractivity contribution in [2.75, 3.05) is 12.4 Å². The lowest BCUT2D eigenvalue weighted by Gasteiger charge is -2.20. The molecule has 7 nitrogen and oxygen atoms in total. The number of anilines is 1. The van der Waals surface area contributed by atoms with Gasteiger partial charge in [-0.25, -0.2) is 9.78 Å². The van der Waals surface area contributed by atoms with Crippen molar-refractivity contribution >= 4 is 17.3 Å². The van der Waals surface area contributed by atoms with Crippen LogP contribution in [0.25, 0.3) is 16.9 Å². The van der Waals surface area contributed by atoms with Gasteiger partial charge in [0, 0.05) is 29.1 Å². The summed E-state index contributed by atoms with van der Waals surface area (Å²) in [5.41, 5.74) is 3.86. The number of pyridine rings is 1. The lowest BCUT2D eigenvalue weighted by atomic mass is 10.1. The number of para-hydroxylation sites is 2. The Morgan fingerprint density at radius 2 is 1.84 bits per heavy atom. The summed E-state index contributed by atoms with van der Waals surface area (Å²) in [5, 5.41) is 12.8. The van der Waals surface area contributed by atoms with Gasteiger partial charge in [0.2, 0.25) is 0 Å². The third kappa shape index (κ3) is 3.92. The quantitative estimate of drug-likeness (QED) is 0.467. The van der Waals surface area contributed by atoms with Crippen LogP contribution in [0, 0.1) is 6.92 Å². The topological polar surface area (TPSA) is 92.9 Å². The zero-order valence-corrected chi connectivity index (χ0v) is 18.0. The van der Waals surface area contributed by atoms with E-state index in [9.17, 15) is 14.7 Å². The maximum atomic E-state index is 13.0. The van der Waals surface area contributed by atoms with E-state index in [4.69, 9.17) is 9.72 Å². The van der Waals surface area contributed by atoms with Gasteiger partial charge >= 0.3 is 5.97 Å². The molecule has 2 heterocycles. The van der Waals surface area contributed by atoms with Crippen LogP contribution in [0.1, 0.15) is 34.5 Å². The van der Waals surface area contributed by atoms with Crippen LogP contribution in [-0.2, 0) is 0 Å². The first-order valence-corrected chi connectivity index (χ1v) is 10.1. The number of carboxylic acid groups (broad SMARTS) is 1. The van der Waals surface area contributed by atoms with Crippen LogP contribution in [-0.4, -0.2) is 27.6 Å². The molecule has 0 aliphatic heterocycles. The highest BCUT2D eigenvalue weighted by atomic mass is 16.5. The molecule has 0 bridgehead atoms. The molecular formula is C25H23N3O4. The van der Waals surface area contributed by atoms with Crippen molar-refractivity contribution in [1.82, 2.24) is 9.38 Å². The van der Waals surface area contributed by atoms with E-state index in [0.717, 1.165) is 16.7 Å². The number of nitrogens with zero attached hydrogens (tertiary/aromatic N) is 2. The summed E-state index contributed by atoms with van der Waals surface area (Å²) >= 11 is 0. The van der Waals surface area contributed by atoms with Crippen molar-refractivity contribution in [1.29, 1.82) is 0 Å². The largest absolute Gasteiger partial charge is 0.496 e. The molecule has 0 saturated carbocycles. The van der Waals surface area contributed by atoms with Gasteiger partial charge in [0.1, 0.15) is 11.4 Å². The van der Waals surface area contributed by atoms with Gasteiger partial charge in [-0.15, -0.1) is 0 Å². The molecule has 4 aromatic rings. The predicted molar refractivity (Wildman–Crippen MR) is 124 cm³/mol. The number of carboxylic acids is 1. The monoisotopic (exact) mass is 429 g/mol. The molecular weight excluding hydrogens is 406 g/mol. The highest BCUT2D eigenvalue weighted by molar-refractivity contribution is 5.94. The fourth-order valence-corrected chi connectivity index (χ4v) is 3.79. The zero-order chi connectivity index (χ0) is 22.8. The summed E-state index contributed by atoms with van der Waals surface area (Å²) < 4.78 is 6.96. The first-order valence-electron chi connectivity index (χ1n) is 10.1. The summed E-state index contributed by atoms with van der Waals surface area (Å²) in [6.45, 7) is 3.82. The second-order valence-corrected chi connectivity index (χ2v) is 7.56. The Bertz CT molecular complexity index is 1380. The molecule has 1 atom stereocenters. The van der Waals surface area contributed by atoms with E-state index >= 15 is 0 Å². The van der Waals surface area contributed by atoms with Crippen molar-refractivity contribution in [2.45, 2.75) is 19.9 Å². The highest BCUT2D eigenvalue weighted by Crippen LogP contribution is 2.30. The van der Waals surface area contributed by atoms with Gasteiger partial charge in [-0.1, -0.05) is 24.3 Å². The lowest BCUT2D eigenvalue weighted by molar-refractivity contribution is 0.0698. The van der Waals surface area contributed by atoms with Gasteiger partial charge in [-0.2, -0.15) is 0 Å². The molecule has 2 N–H and O–H groups in total. The Balaban J connectivity index is 1.87. The van der Waals surface area contributed by atoms with Gasteiger partial charge in [-0.3, -0.25) is 9.20 Å². The Hall–Kier alpha value is -4.13. The molecule has 7 heteroatoms. The van der Waals surface area contributed by atoms with E-state index in [0.29, 0.717) is 22.8 Å². The number of carbonyl (C=O) groups is 1. The summed E-state index contributed by atoms with van der Waals surface area (Å²) in [6, 6.07) is 17.3. The molecule has 4 rings (SSSR count). The molecule has 1 unspecified atom stereocenters. The first-order chi connectivity index (χ1) is 15.4. The van der Waals surface area contributed by atoms with Crippen molar-refractivity contribution in [3.05, 3.63) is 93.9 Å². The van der Waals surface area contributed by atoms with E-state index < -0.39 is 5.97 Å². The Morgan fingerprint density at radius 1 is 1.12 bits per heavy atom. The number of fused-ring (bicyclic) bond motifs is 1. The molecule has 0 amide bonds. The second-order valence-electron chi connectivity index (χ2n) is 7.56. The van der Waals surface area contributed by atoms with Crippen LogP contribution in [0.5, 0.6) is 5.75 Å². The summed E-state index contributed by atoms with van der Waals surface area (Å²) in [5.74, 6) is -0.388. The van der Waals surface area contributed by atoms with Crippen molar-refractivity contribution < 1.29 is 14.6 Å². The van der Waals surface area contributed by atoms with Crippen LogP contribution in [0.4, 0.5) is 5.69 Å². The molecule has 0 saturated heterocycles. The predicted octanol–water partition coefficient (Wildman–Crippen LogP) is 4.55. The van der Waals surface area contributed by atoms with E-state index in [1.807, 2.05) is 44.2 Å². The average molecular weight is 429 g/mol. The smallest absolute Gasteiger partial charge is 0.337 e. The molecule has 0 aliphatic carbocycles. The summed E-state index contributed by atoms with van der Waals surface area (Å²) in [4.78, 5) is 29.4. The van der Waals surface area contributed by atoms with Crippen molar-refractivity contribution in [2.24, 2.45) is 0 Å². The number of aromatic nitrogens is 2. The highest BCUT2D eigenvalue weighted by Gasteiger charge is 2.18. The maximum absolute atomic E-state index is 13.0. The van der Waals surface area contributed by atoms with E-state index in [-0.39, 0.29) is 17.2 Å². The normalized spacial score (nSPS) is 11.8. The standard InChI is InChI=1S/C25H23N3O4/c1-15-12-19(16(2)26-20-10-6-4-9-18(20)25(30)31)24-27-21(13-23(29)28(24)14-15)17-8-5-7-11-22(17)32-3/h4-14,16,26H,1-3H3,(H,30,31). The lowest BCUT2D eigenvalue weighted by Crippen LogP contribution is -2.19. The van der Waals surface area contributed by atoms with Crippen LogP contribution >= 0.6 is 0 Å². The minimum Gasteiger partial charge on any atom is -0.496 e. The number of aryl methyl sites for hydroxylation is 1. The summed E-state index contributed by atoms with van der Waals surface area (Å²) in [6.07, 6.45) is 1.75. The van der Waals surface area contributed by atoms with Crippen molar-refractivity contribution in [3.63, 3.8) is 0 Å². The Kier molecular flexibility index (Phi) is 5.64. The minimum atomic E-state index is -1.01. The van der Waals surface area contributed by atoms with Crippen LogP contribution in [0.15, 0.2) is 71.7 Å². The second kappa shape index (κ2) is 8.55. The first kappa shape index (κ1) is 21.1. The van der Waals surface area contributed by atoms with E-state index in [1.165, 1.54) is 10.5 Å². The van der Waals surface area contributed by atoms with Crippen LogP contribution < -0.4 is 15.6 Å². The molecule has 2 aromatic heterocycles. The minimum absolute atomic E-state index is 0.177. The van der Waals surface area contributed by atoms with Crippen LogP contribution in [0.2, 0.25) is 0 Å². The third-order valence-corrected chi connectivity index (χ3v) is 5.31. The fraction of sp³-hybridized carbons (Fsp3) is 0.160. The van der Waals surface area contributed by atoms with Gasteiger partial charge < -0.3 is 15.2 Å². The molecule has 0 spiro atoms. The number of hydrogen-bond acceptors (Lipinski definition) is 5. The molecule has 0 fully saturated rings.